The number of hydrogen-bond donors (Lipinski definition) is 2. The van der Waals surface area contributed by atoms with Crippen LogP contribution in [0, 0.1) is 5.82 Å². The first-order chi connectivity index (χ1) is 14.7. The van der Waals surface area contributed by atoms with Crippen molar-refractivity contribution in [3.63, 3.8) is 0 Å². The van der Waals surface area contributed by atoms with Crippen molar-refractivity contribution >= 4 is 17.2 Å². The number of aromatic nitrogens is 6. The first kappa shape index (κ1) is 18.2. The second-order valence-corrected chi connectivity index (χ2v) is 6.99. The quantitative estimate of drug-likeness (QED) is 0.536. The van der Waals surface area contributed by atoms with E-state index >= 15 is 0 Å². The van der Waals surface area contributed by atoms with Crippen molar-refractivity contribution in [1.82, 2.24) is 34.9 Å². The minimum absolute atomic E-state index is 0.254. The van der Waals surface area contributed by atoms with Gasteiger partial charge in [-0.25, -0.2) is 23.9 Å². The zero-order chi connectivity index (χ0) is 20.7. The number of imidazole rings is 1. The van der Waals surface area contributed by atoms with Crippen LogP contribution in [0.5, 0.6) is 0 Å². The molecule has 0 radical (unpaired) electrons. The van der Waals surface area contributed by atoms with Crippen molar-refractivity contribution in [2.45, 2.75) is 19.4 Å². The van der Waals surface area contributed by atoms with Crippen molar-refractivity contribution in [3.8, 4) is 0 Å². The van der Waals surface area contributed by atoms with E-state index in [4.69, 9.17) is 0 Å². The number of halogens is 1. The van der Waals surface area contributed by atoms with Gasteiger partial charge in [-0.15, -0.1) is 0 Å². The molecule has 9 nitrogen and oxygen atoms in total. The summed E-state index contributed by atoms with van der Waals surface area (Å²) in [5.74, 6) is -0.0108. The third-order valence-corrected chi connectivity index (χ3v) is 5.18. The average Bonchev–Trinajstić information content (AvgIpc) is 3.41. The Kier molecular flexibility index (Phi) is 4.38. The number of carbonyl (C=O) groups is 1. The highest BCUT2D eigenvalue weighted by Gasteiger charge is 2.34. The molecule has 0 saturated carbocycles. The van der Waals surface area contributed by atoms with Crippen LogP contribution in [-0.4, -0.2) is 48.5 Å². The fourth-order valence-corrected chi connectivity index (χ4v) is 3.79. The predicted octanol–water partition coefficient (Wildman–Crippen LogP) is 1.89. The number of pyridine rings is 1. The molecule has 2 N–H and O–H groups in total. The number of nitrogens with one attached hydrogen (secondary N) is 2. The summed E-state index contributed by atoms with van der Waals surface area (Å²) in [6, 6.07) is 4.39. The van der Waals surface area contributed by atoms with E-state index < -0.39 is 0 Å². The highest BCUT2D eigenvalue weighted by molar-refractivity contribution is 5.91. The van der Waals surface area contributed by atoms with Gasteiger partial charge in [0.25, 0.3) is 5.91 Å². The molecule has 0 aliphatic carbocycles. The Morgan fingerprint density at radius 1 is 1.33 bits per heavy atom. The van der Waals surface area contributed by atoms with E-state index in [1.807, 2.05) is 11.8 Å². The molecule has 5 rings (SSSR count). The van der Waals surface area contributed by atoms with E-state index in [2.05, 4.69) is 30.4 Å². The van der Waals surface area contributed by atoms with Gasteiger partial charge in [-0.1, -0.05) is 0 Å². The Bertz CT molecular complexity index is 1220. The molecular formula is C20H19FN8O. The number of amides is 1. The predicted molar refractivity (Wildman–Crippen MR) is 107 cm³/mol. The van der Waals surface area contributed by atoms with Crippen LogP contribution in [0.25, 0.3) is 5.52 Å². The molecule has 1 amide bonds. The molecule has 1 atom stereocenters. The van der Waals surface area contributed by atoms with E-state index in [0.717, 1.165) is 17.8 Å². The summed E-state index contributed by atoms with van der Waals surface area (Å²) in [4.78, 5) is 30.4. The summed E-state index contributed by atoms with van der Waals surface area (Å²) < 4.78 is 15.8. The van der Waals surface area contributed by atoms with Gasteiger partial charge in [-0.2, -0.15) is 5.10 Å². The summed E-state index contributed by atoms with van der Waals surface area (Å²) in [5.41, 5.74) is 3.14. The maximum absolute atomic E-state index is 14.2. The van der Waals surface area contributed by atoms with Crippen LogP contribution in [0.3, 0.4) is 0 Å². The monoisotopic (exact) mass is 406 g/mol. The van der Waals surface area contributed by atoms with Gasteiger partial charge in [0.2, 0.25) is 0 Å². The number of H-pyrrole nitrogens is 1. The summed E-state index contributed by atoms with van der Waals surface area (Å²) in [6.07, 6.45) is 7.14. The van der Waals surface area contributed by atoms with E-state index in [9.17, 15) is 9.18 Å². The first-order valence-electron chi connectivity index (χ1n) is 9.68. The molecule has 152 valence electrons. The first-order valence-corrected chi connectivity index (χ1v) is 9.68. The highest BCUT2D eigenvalue weighted by atomic mass is 19.1. The van der Waals surface area contributed by atoms with Gasteiger partial charge in [-0.3, -0.25) is 4.79 Å². The molecule has 30 heavy (non-hydrogen) atoms. The van der Waals surface area contributed by atoms with Gasteiger partial charge in [0.05, 0.1) is 30.1 Å². The third-order valence-electron chi connectivity index (χ3n) is 5.18. The van der Waals surface area contributed by atoms with Crippen molar-refractivity contribution < 1.29 is 9.18 Å². The van der Waals surface area contributed by atoms with Crippen LogP contribution in [0.2, 0.25) is 0 Å². The van der Waals surface area contributed by atoms with E-state index in [-0.39, 0.29) is 23.5 Å². The molecule has 0 saturated heterocycles. The normalized spacial score (nSPS) is 15.9. The lowest BCUT2D eigenvalue weighted by atomic mass is 10.00. The van der Waals surface area contributed by atoms with Crippen LogP contribution in [0.4, 0.5) is 10.2 Å². The SMILES string of the molecule is CCNC(=O)c1cnc(N2CCc3[nH]cnc3C2c2cc3c(F)cccn3n2)cn1. The van der Waals surface area contributed by atoms with Crippen molar-refractivity contribution in [1.29, 1.82) is 0 Å². The Balaban J connectivity index is 1.57. The molecule has 4 aromatic heterocycles. The van der Waals surface area contributed by atoms with Crippen LogP contribution in [0.15, 0.2) is 43.1 Å². The number of carbonyl (C=O) groups excluding carboxylic acids is 1. The molecule has 1 aliphatic rings. The van der Waals surface area contributed by atoms with Gasteiger partial charge < -0.3 is 15.2 Å². The molecule has 4 aromatic rings. The van der Waals surface area contributed by atoms with Gasteiger partial charge >= 0.3 is 0 Å². The molecule has 0 aromatic carbocycles. The van der Waals surface area contributed by atoms with Gasteiger partial charge in [-0.05, 0) is 25.1 Å². The summed E-state index contributed by atoms with van der Waals surface area (Å²) >= 11 is 0. The second kappa shape index (κ2) is 7.21. The number of nitrogens with zero attached hydrogens (tertiary/aromatic N) is 6. The smallest absolute Gasteiger partial charge is 0.271 e. The fourth-order valence-electron chi connectivity index (χ4n) is 3.79. The summed E-state index contributed by atoms with van der Waals surface area (Å²) in [7, 11) is 0. The minimum Gasteiger partial charge on any atom is -0.351 e. The molecule has 0 bridgehead atoms. The minimum atomic E-state index is -0.357. The van der Waals surface area contributed by atoms with E-state index in [0.29, 0.717) is 30.1 Å². The van der Waals surface area contributed by atoms with Gasteiger partial charge in [0.1, 0.15) is 28.9 Å². The van der Waals surface area contributed by atoms with Crippen LogP contribution in [-0.2, 0) is 6.42 Å². The average molecular weight is 406 g/mol. The molecule has 0 fully saturated rings. The van der Waals surface area contributed by atoms with Crippen LogP contribution in [0.1, 0.15) is 40.5 Å². The topological polar surface area (TPSA) is 104 Å². The lowest BCUT2D eigenvalue weighted by Crippen LogP contribution is -2.37. The molecule has 10 heteroatoms. The molecule has 5 heterocycles. The Morgan fingerprint density at radius 2 is 2.23 bits per heavy atom. The largest absolute Gasteiger partial charge is 0.351 e. The lowest BCUT2D eigenvalue weighted by molar-refractivity contribution is 0.0950. The van der Waals surface area contributed by atoms with Crippen molar-refractivity contribution in [2.75, 3.05) is 18.0 Å². The number of rotatable bonds is 4. The molecular weight excluding hydrogens is 387 g/mol. The fraction of sp³-hybridized carbons (Fsp3) is 0.250. The number of aromatic amines is 1. The maximum atomic E-state index is 14.2. The maximum Gasteiger partial charge on any atom is 0.271 e. The van der Waals surface area contributed by atoms with Crippen molar-refractivity contribution in [3.05, 3.63) is 71.7 Å². The lowest BCUT2D eigenvalue weighted by Gasteiger charge is -2.34. The number of hydrogen-bond acceptors (Lipinski definition) is 6. The van der Waals surface area contributed by atoms with E-state index in [1.54, 1.807) is 30.9 Å². The zero-order valence-electron chi connectivity index (χ0n) is 16.2. The molecule has 0 spiro atoms. The van der Waals surface area contributed by atoms with Crippen LogP contribution < -0.4 is 10.2 Å². The van der Waals surface area contributed by atoms with E-state index in [1.165, 1.54) is 16.8 Å². The second-order valence-electron chi connectivity index (χ2n) is 6.99. The zero-order valence-corrected chi connectivity index (χ0v) is 16.2. The number of anilines is 1. The molecule has 1 aliphatic heterocycles. The van der Waals surface area contributed by atoms with Crippen LogP contribution >= 0.6 is 0 Å². The number of fused-ring (bicyclic) bond motifs is 2. The summed E-state index contributed by atoms with van der Waals surface area (Å²) in [5, 5.41) is 7.30. The highest BCUT2D eigenvalue weighted by Crippen LogP contribution is 2.35. The Labute approximate surface area is 171 Å². The van der Waals surface area contributed by atoms with Crippen molar-refractivity contribution in [2.24, 2.45) is 0 Å². The third kappa shape index (κ3) is 2.97. The standard InChI is InChI=1S/C20H19FN8O/c1-2-22-20(30)15-9-24-17(10-23-15)28-7-5-13-18(26-11-25-13)19(28)14-8-16-12(21)4-3-6-29(16)27-14/h3-4,6,8-11,19H,2,5,7H2,1H3,(H,22,30)(H,25,26). The summed E-state index contributed by atoms with van der Waals surface area (Å²) in [6.45, 7) is 3.01. The Hall–Kier alpha value is -3.82. The molecule has 1 unspecified atom stereocenters. The van der Waals surface area contributed by atoms with Gasteiger partial charge in [0, 0.05) is 31.4 Å². The van der Waals surface area contributed by atoms with Gasteiger partial charge in [0.15, 0.2) is 0 Å². The Morgan fingerprint density at radius 3 is 3.00 bits per heavy atom.